The lowest BCUT2D eigenvalue weighted by Crippen LogP contribution is -2.33. The van der Waals surface area contributed by atoms with Gasteiger partial charge in [0.1, 0.15) is 0 Å². The molecule has 0 saturated carbocycles. The molecular formula is C10H22N2O2. The number of hydrogen-bond acceptors (Lipinski definition) is 4. The molecule has 14 heavy (non-hydrogen) atoms. The van der Waals surface area contributed by atoms with Gasteiger partial charge in [0.05, 0.1) is 12.7 Å². The van der Waals surface area contributed by atoms with E-state index in [0.29, 0.717) is 6.10 Å². The van der Waals surface area contributed by atoms with Crippen molar-refractivity contribution in [3.05, 3.63) is 0 Å². The highest BCUT2D eigenvalue weighted by atomic mass is 16.5. The summed E-state index contributed by atoms with van der Waals surface area (Å²) in [4.78, 5) is 0. The number of rotatable bonds is 8. The van der Waals surface area contributed by atoms with E-state index in [1.165, 1.54) is 12.8 Å². The first-order chi connectivity index (χ1) is 6.93. The smallest absolute Gasteiger partial charge is 0.0700 e. The van der Waals surface area contributed by atoms with Crippen LogP contribution in [0.3, 0.4) is 0 Å². The average molecular weight is 202 g/mol. The lowest BCUT2D eigenvalue weighted by molar-refractivity contribution is 0.110. The SMILES string of the molecule is COCCNCCNC[C@H]1CCCO1. The Labute approximate surface area is 86.3 Å². The van der Waals surface area contributed by atoms with Gasteiger partial charge in [-0.2, -0.15) is 0 Å². The molecule has 0 spiro atoms. The highest BCUT2D eigenvalue weighted by Gasteiger charge is 2.13. The van der Waals surface area contributed by atoms with E-state index in [1.807, 2.05) is 0 Å². The van der Waals surface area contributed by atoms with E-state index in [4.69, 9.17) is 9.47 Å². The third-order valence-electron chi connectivity index (χ3n) is 2.36. The van der Waals surface area contributed by atoms with Crippen LogP contribution in [0.4, 0.5) is 0 Å². The number of nitrogens with one attached hydrogen (secondary N) is 2. The molecule has 1 fully saturated rings. The normalized spacial score (nSPS) is 21.6. The summed E-state index contributed by atoms with van der Waals surface area (Å²) in [6, 6.07) is 0. The minimum atomic E-state index is 0.453. The molecular weight excluding hydrogens is 180 g/mol. The van der Waals surface area contributed by atoms with E-state index in [9.17, 15) is 0 Å². The highest BCUT2D eigenvalue weighted by molar-refractivity contribution is 4.67. The third-order valence-corrected chi connectivity index (χ3v) is 2.36. The topological polar surface area (TPSA) is 42.5 Å². The second-order valence-corrected chi connectivity index (χ2v) is 3.58. The van der Waals surface area contributed by atoms with Crippen molar-refractivity contribution in [1.82, 2.24) is 10.6 Å². The molecule has 0 unspecified atom stereocenters. The zero-order valence-electron chi connectivity index (χ0n) is 9.05. The van der Waals surface area contributed by atoms with Crippen LogP contribution in [0.15, 0.2) is 0 Å². The van der Waals surface area contributed by atoms with Gasteiger partial charge in [-0.15, -0.1) is 0 Å². The maximum Gasteiger partial charge on any atom is 0.0700 e. The number of ether oxygens (including phenoxy) is 2. The Kier molecular flexibility index (Phi) is 6.95. The predicted molar refractivity (Wildman–Crippen MR) is 56.6 cm³/mol. The summed E-state index contributed by atoms with van der Waals surface area (Å²) < 4.78 is 10.4. The maximum absolute atomic E-state index is 5.50. The molecule has 0 radical (unpaired) electrons. The first kappa shape index (κ1) is 11.9. The molecule has 4 heteroatoms. The van der Waals surface area contributed by atoms with Crippen molar-refractivity contribution in [2.75, 3.05) is 46.5 Å². The maximum atomic E-state index is 5.50. The number of hydrogen-bond donors (Lipinski definition) is 2. The molecule has 0 bridgehead atoms. The minimum Gasteiger partial charge on any atom is -0.383 e. The zero-order valence-corrected chi connectivity index (χ0v) is 9.05. The van der Waals surface area contributed by atoms with Crippen LogP contribution >= 0.6 is 0 Å². The van der Waals surface area contributed by atoms with E-state index in [1.54, 1.807) is 7.11 Å². The summed E-state index contributed by atoms with van der Waals surface area (Å²) in [7, 11) is 1.72. The average Bonchev–Trinajstić information content (AvgIpc) is 2.69. The lowest BCUT2D eigenvalue weighted by Gasteiger charge is -2.10. The van der Waals surface area contributed by atoms with Crippen molar-refractivity contribution in [2.45, 2.75) is 18.9 Å². The molecule has 2 N–H and O–H groups in total. The summed E-state index contributed by atoms with van der Waals surface area (Å²) in [6.45, 7) is 5.65. The Balaban J connectivity index is 1.75. The Hall–Kier alpha value is -0.160. The van der Waals surface area contributed by atoms with Crippen LogP contribution in [0.1, 0.15) is 12.8 Å². The quantitative estimate of drug-likeness (QED) is 0.543. The Morgan fingerprint density at radius 1 is 1.29 bits per heavy atom. The summed E-state index contributed by atoms with van der Waals surface area (Å²) in [5.41, 5.74) is 0. The summed E-state index contributed by atoms with van der Waals surface area (Å²) >= 11 is 0. The van der Waals surface area contributed by atoms with E-state index < -0.39 is 0 Å². The van der Waals surface area contributed by atoms with Crippen molar-refractivity contribution in [2.24, 2.45) is 0 Å². The van der Waals surface area contributed by atoms with Gasteiger partial charge in [0.15, 0.2) is 0 Å². The van der Waals surface area contributed by atoms with Gasteiger partial charge < -0.3 is 20.1 Å². The van der Waals surface area contributed by atoms with Gasteiger partial charge in [-0.25, -0.2) is 0 Å². The Morgan fingerprint density at radius 3 is 2.86 bits per heavy atom. The van der Waals surface area contributed by atoms with Crippen molar-refractivity contribution in [3.63, 3.8) is 0 Å². The van der Waals surface area contributed by atoms with Crippen LogP contribution in [0.5, 0.6) is 0 Å². The molecule has 4 nitrogen and oxygen atoms in total. The molecule has 0 aromatic carbocycles. The fraction of sp³-hybridized carbons (Fsp3) is 1.00. The van der Waals surface area contributed by atoms with Gasteiger partial charge in [0.2, 0.25) is 0 Å². The van der Waals surface area contributed by atoms with Crippen molar-refractivity contribution < 1.29 is 9.47 Å². The molecule has 1 aliphatic rings. The second kappa shape index (κ2) is 8.17. The van der Waals surface area contributed by atoms with E-state index in [0.717, 1.165) is 39.4 Å². The van der Waals surface area contributed by atoms with Crippen molar-refractivity contribution >= 4 is 0 Å². The summed E-state index contributed by atoms with van der Waals surface area (Å²) in [5, 5.41) is 6.66. The van der Waals surface area contributed by atoms with Crippen LogP contribution in [0.25, 0.3) is 0 Å². The van der Waals surface area contributed by atoms with Crippen molar-refractivity contribution in [3.8, 4) is 0 Å². The van der Waals surface area contributed by atoms with E-state index >= 15 is 0 Å². The Bertz CT molecular complexity index is 127. The summed E-state index contributed by atoms with van der Waals surface area (Å²) in [5.74, 6) is 0. The van der Waals surface area contributed by atoms with Crippen LogP contribution in [-0.4, -0.2) is 52.6 Å². The molecule has 1 rings (SSSR count). The second-order valence-electron chi connectivity index (χ2n) is 3.58. The predicted octanol–water partition coefficient (Wildman–Crippen LogP) is -0.00900. The monoisotopic (exact) mass is 202 g/mol. The first-order valence-electron chi connectivity index (χ1n) is 5.45. The van der Waals surface area contributed by atoms with Gasteiger partial charge in [-0.1, -0.05) is 0 Å². The molecule has 84 valence electrons. The number of methoxy groups -OCH3 is 1. The molecule has 0 aliphatic carbocycles. The van der Waals surface area contributed by atoms with Crippen LogP contribution in [0.2, 0.25) is 0 Å². The first-order valence-corrected chi connectivity index (χ1v) is 5.45. The third kappa shape index (κ3) is 5.54. The molecule has 1 saturated heterocycles. The molecule has 0 aromatic heterocycles. The van der Waals surface area contributed by atoms with E-state index in [-0.39, 0.29) is 0 Å². The summed E-state index contributed by atoms with van der Waals surface area (Å²) in [6.07, 6.45) is 2.89. The van der Waals surface area contributed by atoms with Gasteiger partial charge in [0, 0.05) is 39.9 Å². The molecule has 1 atom stereocenters. The minimum absolute atomic E-state index is 0.453. The molecule has 0 amide bonds. The van der Waals surface area contributed by atoms with Gasteiger partial charge in [-0.3, -0.25) is 0 Å². The fourth-order valence-corrected chi connectivity index (χ4v) is 1.54. The zero-order chi connectivity index (χ0) is 10.1. The molecule has 0 aromatic rings. The lowest BCUT2D eigenvalue weighted by atomic mass is 10.2. The standard InChI is InChI=1S/C10H22N2O2/c1-13-8-6-11-4-5-12-9-10-3-2-7-14-10/h10-12H,2-9H2,1H3/t10-/m1/s1. The van der Waals surface area contributed by atoms with Crippen molar-refractivity contribution in [1.29, 1.82) is 0 Å². The van der Waals surface area contributed by atoms with E-state index in [2.05, 4.69) is 10.6 Å². The van der Waals surface area contributed by atoms with Gasteiger partial charge in [0.25, 0.3) is 0 Å². The Morgan fingerprint density at radius 2 is 2.14 bits per heavy atom. The fourth-order valence-electron chi connectivity index (χ4n) is 1.54. The van der Waals surface area contributed by atoms with Crippen LogP contribution in [0, 0.1) is 0 Å². The molecule has 1 heterocycles. The highest BCUT2D eigenvalue weighted by Crippen LogP contribution is 2.10. The molecule has 1 aliphatic heterocycles. The van der Waals surface area contributed by atoms with Gasteiger partial charge in [-0.05, 0) is 12.8 Å². The van der Waals surface area contributed by atoms with Crippen LogP contribution in [-0.2, 0) is 9.47 Å². The van der Waals surface area contributed by atoms with Crippen LogP contribution < -0.4 is 10.6 Å². The largest absolute Gasteiger partial charge is 0.383 e. The van der Waals surface area contributed by atoms with Gasteiger partial charge >= 0.3 is 0 Å².